The van der Waals surface area contributed by atoms with Crippen LogP contribution in [-0.2, 0) is 22.6 Å². The molecule has 1 aromatic rings. The minimum absolute atomic E-state index is 0.0329. The van der Waals surface area contributed by atoms with Crippen LogP contribution in [0.4, 0.5) is 0 Å². The van der Waals surface area contributed by atoms with Gasteiger partial charge in [-0.2, -0.15) is 0 Å². The molecule has 0 atom stereocenters. The van der Waals surface area contributed by atoms with Crippen molar-refractivity contribution in [2.45, 2.75) is 26.3 Å². The highest BCUT2D eigenvalue weighted by molar-refractivity contribution is 5.84. The zero-order valence-electron chi connectivity index (χ0n) is 14.4. The Kier molecular flexibility index (Phi) is 6.16. The first kappa shape index (κ1) is 17.5. The van der Waals surface area contributed by atoms with E-state index < -0.39 is 0 Å². The van der Waals surface area contributed by atoms with Gasteiger partial charge in [0.15, 0.2) is 0 Å². The number of amides is 2. The highest BCUT2D eigenvalue weighted by Crippen LogP contribution is 2.18. The molecule has 5 nitrogen and oxygen atoms in total. The zero-order chi connectivity index (χ0) is 16.8. The van der Waals surface area contributed by atoms with Crippen LogP contribution in [0.2, 0.25) is 0 Å². The molecular formula is C18H27N3O2. The highest BCUT2D eigenvalue weighted by Gasteiger charge is 2.22. The predicted octanol–water partition coefficient (Wildman–Crippen LogP) is 1.37. The summed E-state index contributed by atoms with van der Waals surface area (Å²) < 4.78 is 0. The maximum atomic E-state index is 12.5. The van der Waals surface area contributed by atoms with Crippen molar-refractivity contribution in [3.8, 4) is 0 Å². The van der Waals surface area contributed by atoms with Crippen LogP contribution >= 0.6 is 0 Å². The second-order valence-electron chi connectivity index (χ2n) is 6.43. The van der Waals surface area contributed by atoms with Gasteiger partial charge in [0.05, 0.1) is 6.54 Å². The van der Waals surface area contributed by atoms with Gasteiger partial charge in [-0.25, -0.2) is 0 Å². The lowest BCUT2D eigenvalue weighted by Crippen LogP contribution is -2.44. The summed E-state index contributed by atoms with van der Waals surface area (Å²) in [5.41, 5.74) is 2.54. The van der Waals surface area contributed by atoms with Crippen molar-refractivity contribution in [1.82, 2.24) is 14.7 Å². The zero-order valence-corrected chi connectivity index (χ0v) is 14.4. The quantitative estimate of drug-likeness (QED) is 0.796. The molecule has 5 heteroatoms. The molecule has 0 bridgehead atoms. The van der Waals surface area contributed by atoms with Crippen molar-refractivity contribution in [1.29, 1.82) is 0 Å². The van der Waals surface area contributed by atoms with E-state index in [-0.39, 0.29) is 18.4 Å². The molecule has 1 aliphatic rings. The van der Waals surface area contributed by atoms with Crippen LogP contribution in [-0.4, -0.2) is 66.8 Å². The third-order valence-electron chi connectivity index (χ3n) is 4.29. The Morgan fingerprint density at radius 1 is 1.13 bits per heavy atom. The van der Waals surface area contributed by atoms with Crippen molar-refractivity contribution in [2.24, 2.45) is 0 Å². The van der Waals surface area contributed by atoms with Gasteiger partial charge in [-0.3, -0.25) is 9.59 Å². The smallest absolute Gasteiger partial charge is 0.242 e. The van der Waals surface area contributed by atoms with E-state index in [1.54, 1.807) is 4.90 Å². The van der Waals surface area contributed by atoms with Crippen LogP contribution in [0.1, 0.15) is 24.5 Å². The first-order valence-corrected chi connectivity index (χ1v) is 8.22. The summed E-state index contributed by atoms with van der Waals surface area (Å²) in [6, 6.07) is 8.25. The third-order valence-corrected chi connectivity index (χ3v) is 4.29. The first-order valence-electron chi connectivity index (χ1n) is 8.22. The van der Waals surface area contributed by atoms with Crippen molar-refractivity contribution in [2.75, 3.05) is 40.3 Å². The summed E-state index contributed by atoms with van der Waals surface area (Å²) in [4.78, 5) is 29.9. The van der Waals surface area contributed by atoms with Gasteiger partial charge < -0.3 is 14.7 Å². The van der Waals surface area contributed by atoms with E-state index in [0.717, 1.165) is 25.9 Å². The normalized spacial score (nSPS) is 13.8. The Bertz CT molecular complexity index is 557. The molecule has 0 N–H and O–H groups in total. The van der Waals surface area contributed by atoms with Gasteiger partial charge in [-0.1, -0.05) is 24.3 Å². The van der Waals surface area contributed by atoms with E-state index in [9.17, 15) is 9.59 Å². The van der Waals surface area contributed by atoms with E-state index in [2.05, 4.69) is 17.0 Å². The fourth-order valence-corrected chi connectivity index (χ4v) is 2.90. The molecule has 1 aliphatic heterocycles. The second kappa shape index (κ2) is 8.11. The molecule has 2 amide bonds. The van der Waals surface area contributed by atoms with E-state index in [1.807, 2.05) is 31.1 Å². The van der Waals surface area contributed by atoms with Gasteiger partial charge in [0.2, 0.25) is 11.8 Å². The van der Waals surface area contributed by atoms with Gasteiger partial charge in [-0.15, -0.1) is 0 Å². The van der Waals surface area contributed by atoms with E-state index in [4.69, 9.17) is 0 Å². The number of benzene rings is 1. The number of hydrogen-bond donors (Lipinski definition) is 0. The molecule has 2 rings (SSSR count). The van der Waals surface area contributed by atoms with Gasteiger partial charge in [-0.05, 0) is 44.6 Å². The van der Waals surface area contributed by atoms with E-state index in [1.165, 1.54) is 18.1 Å². The molecule has 1 aromatic carbocycles. The molecule has 126 valence electrons. The average molecular weight is 317 g/mol. The van der Waals surface area contributed by atoms with E-state index in [0.29, 0.717) is 13.1 Å². The Morgan fingerprint density at radius 2 is 1.83 bits per heavy atom. The second-order valence-corrected chi connectivity index (χ2v) is 6.43. The predicted molar refractivity (Wildman–Crippen MR) is 91.0 cm³/mol. The molecule has 0 aliphatic carbocycles. The number of fused-ring (bicyclic) bond motifs is 1. The largest absolute Gasteiger partial charge is 0.336 e. The number of rotatable bonds is 6. The number of carbonyl (C=O) groups is 2. The number of carbonyl (C=O) groups excluding carboxylic acids is 2. The van der Waals surface area contributed by atoms with Crippen LogP contribution in [0.3, 0.4) is 0 Å². The Balaban J connectivity index is 1.90. The molecule has 0 saturated heterocycles. The third kappa shape index (κ3) is 5.06. The molecule has 0 unspecified atom stereocenters. The summed E-state index contributed by atoms with van der Waals surface area (Å²) in [5.74, 6) is 0.00840. The molecule has 23 heavy (non-hydrogen) atoms. The summed E-state index contributed by atoms with van der Waals surface area (Å²) in [5, 5.41) is 0. The monoisotopic (exact) mass is 317 g/mol. The van der Waals surface area contributed by atoms with Crippen molar-refractivity contribution < 1.29 is 9.59 Å². The molecule has 0 aromatic heterocycles. The minimum atomic E-state index is -0.0329. The van der Waals surface area contributed by atoms with Gasteiger partial charge in [0.1, 0.15) is 0 Å². The van der Waals surface area contributed by atoms with Crippen molar-refractivity contribution in [3.05, 3.63) is 35.4 Å². The number of nitrogens with zero attached hydrogens (tertiary/aromatic N) is 3. The molecular weight excluding hydrogens is 290 g/mol. The van der Waals surface area contributed by atoms with Crippen molar-refractivity contribution >= 4 is 11.8 Å². The van der Waals surface area contributed by atoms with Crippen LogP contribution in [0.5, 0.6) is 0 Å². The van der Waals surface area contributed by atoms with Crippen molar-refractivity contribution in [3.63, 3.8) is 0 Å². The maximum absolute atomic E-state index is 12.5. The highest BCUT2D eigenvalue weighted by atomic mass is 16.2. The van der Waals surface area contributed by atoms with Crippen LogP contribution in [0.25, 0.3) is 0 Å². The Hall–Kier alpha value is -1.88. The molecule has 1 heterocycles. The average Bonchev–Trinajstić information content (AvgIpc) is 2.52. The summed E-state index contributed by atoms with van der Waals surface area (Å²) in [6.45, 7) is 4.65. The Labute approximate surface area is 138 Å². The standard InChI is InChI=1S/C18H27N3O2/c1-15(22)20(11-6-10-19(2)3)14-18(23)21-12-9-16-7-4-5-8-17(16)13-21/h4-5,7-8H,6,9-14H2,1-3H3. The molecule has 0 radical (unpaired) electrons. The van der Waals surface area contributed by atoms with Crippen LogP contribution < -0.4 is 0 Å². The SMILES string of the molecule is CC(=O)N(CCCN(C)C)CC(=O)N1CCc2ccccc2C1. The molecule has 0 saturated carbocycles. The van der Waals surface area contributed by atoms with Crippen LogP contribution in [0, 0.1) is 0 Å². The fourth-order valence-electron chi connectivity index (χ4n) is 2.90. The summed E-state index contributed by atoms with van der Waals surface area (Å²) in [6.07, 6.45) is 1.77. The molecule has 0 fully saturated rings. The lowest BCUT2D eigenvalue weighted by Gasteiger charge is -2.31. The first-order chi connectivity index (χ1) is 11.0. The van der Waals surface area contributed by atoms with Crippen LogP contribution in [0.15, 0.2) is 24.3 Å². The summed E-state index contributed by atoms with van der Waals surface area (Å²) >= 11 is 0. The lowest BCUT2D eigenvalue weighted by molar-refractivity contribution is -0.140. The molecule has 0 spiro atoms. The topological polar surface area (TPSA) is 43.9 Å². The minimum Gasteiger partial charge on any atom is -0.336 e. The number of hydrogen-bond acceptors (Lipinski definition) is 3. The van der Waals surface area contributed by atoms with Gasteiger partial charge in [0.25, 0.3) is 0 Å². The van der Waals surface area contributed by atoms with Gasteiger partial charge in [0, 0.05) is 26.6 Å². The Morgan fingerprint density at radius 3 is 2.48 bits per heavy atom. The summed E-state index contributed by atoms with van der Waals surface area (Å²) in [7, 11) is 4.02. The maximum Gasteiger partial charge on any atom is 0.242 e. The lowest BCUT2D eigenvalue weighted by atomic mass is 10.00. The fraction of sp³-hybridized carbons (Fsp3) is 0.556. The van der Waals surface area contributed by atoms with Gasteiger partial charge >= 0.3 is 0 Å². The van der Waals surface area contributed by atoms with E-state index >= 15 is 0 Å².